The van der Waals surface area contributed by atoms with Gasteiger partial charge >= 0.3 is 6.18 Å². The summed E-state index contributed by atoms with van der Waals surface area (Å²) in [4.78, 5) is 31.8. The first-order chi connectivity index (χ1) is 16.0. The molecule has 35 heavy (non-hydrogen) atoms. The maximum Gasteiger partial charge on any atom is 0.417 e. The summed E-state index contributed by atoms with van der Waals surface area (Å²) in [6, 6.07) is 2.90. The summed E-state index contributed by atoms with van der Waals surface area (Å²) in [6.07, 6.45) is -0.295. The summed E-state index contributed by atoms with van der Waals surface area (Å²) in [5, 5.41) is 3.79. The molecule has 1 aliphatic heterocycles. The summed E-state index contributed by atoms with van der Waals surface area (Å²) in [5.74, 6) is -0.275. The van der Waals surface area contributed by atoms with E-state index < -0.39 is 22.7 Å². The van der Waals surface area contributed by atoms with Gasteiger partial charge in [-0.3, -0.25) is 19.3 Å². The molecule has 0 N–H and O–H groups in total. The number of ketones is 1. The molecule has 0 aliphatic carbocycles. The minimum atomic E-state index is -4.60. The largest absolute Gasteiger partial charge is 0.495 e. The van der Waals surface area contributed by atoms with Gasteiger partial charge in [-0.25, -0.2) is 0 Å². The number of alkyl halides is 3. The van der Waals surface area contributed by atoms with Gasteiger partial charge in [0.2, 0.25) is 0 Å². The number of anilines is 1. The van der Waals surface area contributed by atoms with Crippen molar-refractivity contribution in [2.24, 2.45) is 0 Å². The van der Waals surface area contributed by atoms with Gasteiger partial charge in [0, 0.05) is 41.5 Å². The SMILES string of the molecule is COc1cncc(C(=O)Cc2cnn3c2C(=O)N(c2ccc(C(F)(F)F)c(Cl)c2)C[C@@H]3C)c1C.S. The van der Waals surface area contributed by atoms with Crippen molar-refractivity contribution in [3.63, 3.8) is 0 Å². The lowest BCUT2D eigenvalue weighted by Crippen LogP contribution is -2.43. The highest BCUT2D eigenvalue weighted by molar-refractivity contribution is 7.59. The fourth-order valence-electron chi connectivity index (χ4n) is 4.03. The zero-order valence-corrected chi connectivity index (χ0v) is 20.7. The number of fused-ring (bicyclic) bond motifs is 1. The number of rotatable bonds is 5. The summed E-state index contributed by atoms with van der Waals surface area (Å²) >= 11 is 5.87. The van der Waals surface area contributed by atoms with Crippen molar-refractivity contribution in [2.45, 2.75) is 32.5 Å². The molecule has 0 saturated heterocycles. The molecule has 12 heteroatoms. The highest BCUT2D eigenvalue weighted by atomic mass is 35.5. The molecule has 0 saturated carbocycles. The molecule has 7 nitrogen and oxygen atoms in total. The summed E-state index contributed by atoms with van der Waals surface area (Å²) in [7, 11) is 1.48. The Morgan fingerprint density at radius 1 is 1.26 bits per heavy atom. The first kappa shape index (κ1) is 26.6. The van der Waals surface area contributed by atoms with Crippen molar-refractivity contribution in [3.8, 4) is 5.75 Å². The van der Waals surface area contributed by atoms with Gasteiger partial charge in [-0.05, 0) is 32.0 Å². The van der Waals surface area contributed by atoms with E-state index in [2.05, 4.69) is 10.1 Å². The Bertz CT molecular complexity index is 1300. The van der Waals surface area contributed by atoms with Crippen LogP contribution in [0.2, 0.25) is 5.02 Å². The second-order valence-electron chi connectivity index (χ2n) is 8.00. The zero-order valence-electron chi connectivity index (χ0n) is 19.0. The molecule has 3 aromatic rings. The summed E-state index contributed by atoms with van der Waals surface area (Å²) in [5.41, 5.74) is 0.857. The molecule has 3 heterocycles. The molecule has 0 bridgehead atoms. The molecule has 0 fully saturated rings. The van der Waals surface area contributed by atoms with E-state index in [9.17, 15) is 22.8 Å². The number of methoxy groups -OCH3 is 1. The van der Waals surface area contributed by atoms with Crippen LogP contribution >= 0.6 is 25.1 Å². The topological polar surface area (TPSA) is 77.3 Å². The van der Waals surface area contributed by atoms with Crippen molar-refractivity contribution < 1.29 is 27.5 Å². The predicted molar refractivity (Wildman–Crippen MR) is 129 cm³/mol. The third kappa shape index (κ3) is 4.87. The van der Waals surface area contributed by atoms with Crippen LogP contribution in [0.25, 0.3) is 0 Å². The van der Waals surface area contributed by atoms with Crippen LogP contribution in [0.15, 0.2) is 36.8 Å². The van der Waals surface area contributed by atoms with Crippen LogP contribution in [0.4, 0.5) is 18.9 Å². The fourth-order valence-corrected chi connectivity index (χ4v) is 4.32. The molecule has 1 aromatic carbocycles. The lowest BCUT2D eigenvalue weighted by Gasteiger charge is -2.32. The lowest BCUT2D eigenvalue weighted by atomic mass is 9.99. The Kier molecular flexibility index (Phi) is 7.51. The smallest absolute Gasteiger partial charge is 0.417 e. The number of carbonyl (C=O) groups excluding carboxylic acids is 2. The van der Waals surface area contributed by atoms with Crippen molar-refractivity contribution in [1.29, 1.82) is 0 Å². The number of Topliss-reactive ketones (excluding diaryl/α,β-unsaturated/α-hetero) is 1. The number of carbonyl (C=O) groups is 2. The van der Waals surface area contributed by atoms with Gasteiger partial charge in [0.15, 0.2) is 5.78 Å². The summed E-state index contributed by atoms with van der Waals surface area (Å²) in [6.45, 7) is 3.75. The maximum absolute atomic E-state index is 13.4. The van der Waals surface area contributed by atoms with Gasteiger partial charge in [0.1, 0.15) is 11.4 Å². The van der Waals surface area contributed by atoms with Crippen LogP contribution in [-0.4, -0.2) is 40.1 Å². The number of aromatic nitrogens is 3. The van der Waals surface area contributed by atoms with Gasteiger partial charge in [-0.2, -0.15) is 31.8 Å². The van der Waals surface area contributed by atoms with Crippen LogP contribution in [0.5, 0.6) is 5.75 Å². The number of amides is 1. The average Bonchev–Trinajstić information content (AvgIpc) is 3.19. The van der Waals surface area contributed by atoms with Crippen LogP contribution < -0.4 is 9.64 Å². The Morgan fingerprint density at radius 3 is 2.60 bits per heavy atom. The summed E-state index contributed by atoms with van der Waals surface area (Å²) < 4.78 is 46.0. The number of halogens is 4. The fraction of sp³-hybridized carbons (Fsp3) is 0.304. The van der Waals surface area contributed by atoms with Crippen LogP contribution in [0, 0.1) is 6.92 Å². The number of hydrogen-bond acceptors (Lipinski definition) is 5. The molecule has 186 valence electrons. The minimum Gasteiger partial charge on any atom is -0.495 e. The molecule has 1 atom stereocenters. The second-order valence-corrected chi connectivity index (χ2v) is 8.41. The Labute approximate surface area is 211 Å². The van der Waals surface area contributed by atoms with E-state index in [-0.39, 0.29) is 49.7 Å². The van der Waals surface area contributed by atoms with Gasteiger partial charge in [0.05, 0.1) is 36.1 Å². The van der Waals surface area contributed by atoms with Crippen LogP contribution in [0.1, 0.15) is 50.5 Å². The van der Waals surface area contributed by atoms with E-state index in [1.807, 2.05) is 6.92 Å². The third-order valence-electron chi connectivity index (χ3n) is 5.79. The van der Waals surface area contributed by atoms with E-state index in [1.54, 1.807) is 6.92 Å². The minimum absolute atomic E-state index is 0. The predicted octanol–water partition coefficient (Wildman–Crippen LogP) is 5.03. The molecule has 0 spiro atoms. The number of ether oxygens (including phenoxy) is 1. The van der Waals surface area contributed by atoms with Gasteiger partial charge in [-0.15, -0.1) is 0 Å². The number of nitrogens with zero attached hydrogens (tertiary/aromatic N) is 4. The standard InChI is InChI=1S/C23H20ClF3N4O3.H2S/c1-12-11-30(15-4-5-17(18(24)7-15)23(25,26)27)22(33)21-14(8-29-31(12)21)6-19(32)16-9-28-10-20(34-3)13(16)2;/h4-5,7-10,12H,6,11H2,1-3H3;1H2/t12-;/m0./s1. The average molecular weight is 527 g/mol. The lowest BCUT2D eigenvalue weighted by molar-refractivity contribution is -0.137. The molecule has 1 aliphatic rings. The van der Waals surface area contributed by atoms with Crippen molar-refractivity contribution >= 4 is 42.5 Å². The van der Waals surface area contributed by atoms with E-state index in [1.165, 1.54) is 41.3 Å². The van der Waals surface area contributed by atoms with Gasteiger partial charge in [0.25, 0.3) is 5.91 Å². The second kappa shape index (κ2) is 9.90. The first-order valence-corrected chi connectivity index (χ1v) is 10.7. The highest BCUT2D eigenvalue weighted by Crippen LogP contribution is 2.38. The first-order valence-electron chi connectivity index (χ1n) is 10.3. The zero-order chi connectivity index (χ0) is 24.8. The number of hydrogen-bond donors (Lipinski definition) is 0. The number of benzene rings is 1. The van der Waals surface area contributed by atoms with Crippen LogP contribution in [0.3, 0.4) is 0 Å². The highest BCUT2D eigenvalue weighted by Gasteiger charge is 2.36. The van der Waals surface area contributed by atoms with Crippen molar-refractivity contribution in [1.82, 2.24) is 14.8 Å². The normalized spacial score (nSPS) is 15.5. The molecule has 1 amide bonds. The number of pyridine rings is 1. The quantitative estimate of drug-likeness (QED) is 0.436. The van der Waals surface area contributed by atoms with E-state index in [0.29, 0.717) is 22.4 Å². The molecule has 0 unspecified atom stereocenters. The van der Waals surface area contributed by atoms with Gasteiger partial charge < -0.3 is 9.64 Å². The van der Waals surface area contributed by atoms with E-state index in [4.69, 9.17) is 16.3 Å². The van der Waals surface area contributed by atoms with E-state index in [0.717, 1.165) is 12.1 Å². The molecule has 4 rings (SSSR count). The van der Waals surface area contributed by atoms with Gasteiger partial charge in [-0.1, -0.05) is 11.6 Å². The molecule has 2 aromatic heterocycles. The van der Waals surface area contributed by atoms with Crippen molar-refractivity contribution in [2.75, 3.05) is 18.6 Å². The maximum atomic E-state index is 13.4. The Hall–Kier alpha value is -3.05. The molecular weight excluding hydrogens is 505 g/mol. The van der Waals surface area contributed by atoms with Crippen LogP contribution in [-0.2, 0) is 12.6 Å². The van der Waals surface area contributed by atoms with E-state index >= 15 is 0 Å². The Balaban J connectivity index is 0.00000342. The molecule has 0 radical (unpaired) electrons. The Morgan fingerprint density at radius 2 is 1.97 bits per heavy atom. The van der Waals surface area contributed by atoms with Crippen molar-refractivity contribution in [3.05, 3.63) is 69.8 Å². The molecular formula is C23H22ClF3N4O3S. The third-order valence-corrected chi connectivity index (χ3v) is 6.11. The monoisotopic (exact) mass is 526 g/mol.